The van der Waals surface area contributed by atoms with Gasteiger partial charge >= 0.3 is 23.9 Å². The number of alkyl halides is 4. The van der Waals surface area contributed by atoms with Crippen molar-refractivity contribution in [1.82, 2.24) is 39.2 Å². The van der Waals surface area contributed by atoms with E-state index in [1.54, 1.807) is 104 Å². The van der Waals surface area contributed by atoms with Gasteiger partial charge in [0.05, 0.1) is 13.1 Å². The molecule has 5 rings (SSSR count). The first kappa shape index (κ1) is 69.1. The van der Waals surface area contributed by atoms with Crippen molar-refractivity contribution >= 4 is 47.5 Å². The van der Waals surface area contributed by atoms with Gasteiger partial charge in [-0.1, -0.05) is 104 Å². The summed E-state index contributed by atoms with van der Waals surface area (Å²) in [5.74, 6) is -8.45. The highest BCUT2D eigenvalue weighted by atomic mass is 19.3. The zero-order chi connectivity index (χ0) is 64.0. The minimum Gasteiger partial charge on any atom is -0.451 e. The Morgan fingerprint density at radius 2 is 0.651 bits per heavy atom. The second-order valence-electron chi connectivity index (χ2n) is 23.9. The molecule has 0 bridgehead atoms. The molecule has 0 saturated carbocycles. The highest BCUT2D eigenvalue weighted by Gasteiger charge is 2.43. The molecule has 4 aromatic rings. The number of cyclic esters (lactones) is 4. The van der Waals surface area contributed by atoms with Crippen molar-refractivity contribution in [2.24, 2.45) is 23.7 Å². The number of rotatable bonds is 18. The molecular formula is C62H84F4N8O12. The highest BCUT2D eigenvalue weighted by Crippen LogP contribution is 2.26. The van der Waals surface area contributed by atoms with Gasteiger partial charge in [0, 0.05) is 53.4 Å². The molecule has 0 aliphatic carbocycles. The largest absolute Gasteiger partial charge is 0.451 e. The van der Waals surface area contributed by atoms with Gasteiger partial charge in [0.25, 0.3) is 36.5 Å². The molecule has 8 atom stereocenters. The lowest BCUT2D eigenvalue weighted by atomic mass is 9.99. The number of halogens is 4. The van der Waals surface area contributed by atoms with Crippen LogP contribution in [0.25, 0.3) is 0 Å². The Bertz CT molecular complexity index is 2740. The molecule has 0 radical (unpaired) electrons. The lowest BCUT2D eigenvalue weighted by Gasteiger charge is -2.35. The zero-order valence-corrected chi connectivity index (χ0v) is 51.7. The Labute approximate surface area is 500 Å². The highest BCUT2D eigenvalue weighted by molar-refractivity contribution is 5.94. The van der Waals surface area contributed by atoms with E-state index in [4.69, 9.17) is 18.9 Å². The minimum atomic E-state index is -2.77. The molecule has 3 heterocycles. The van der Waals surface area contributed by atoms with Crippen LogP contribution in [-0.2, 0) is 83.2 Å². The van der Waals surface area contributed by atoms with Crippen LogP contribution >= 0.6 is 0 Å². The van der Waals surface area contributed by atoms with E-state index in [1.807, 2.05) is 0 Å². The molecule has 2 aromatic heterocycles. The van der Waals surface area contributed by atoms with Gasteiger partial charge in [-0.05, 0) is 97.6 Å². The van der Waals surface area contributed by atoms with Crippen LogP contribution in [0, 0.1) is 23.7 Å². The number of likely N-dealkylation sites (N-methyl/N-ethyl adjacent to an activating group) is 4. The smallest absolute Gasteiger partial charge is 0.329 e. The van der Waals surface area contributed by atoms with Crippen LogP contribution in [0.3, 0.4) is 0 Å². The second-order valence-corrected chi connectivity index (χ2v) is 23.9. The molecule has 20 nitrogen and oxygen atoms in total. The van der Waals surface area contributed by atoms with Crippen molar-refractivity contribution in [3.63, 3.8) is 0 Å². The summed E-state index contributed by atoms with van der Waals surface area (Å²) in [5, 5.41) is 8.02. The van der Waals surface area contributed by atoms with Crippen LogP contribution in [0.2, 0.25) is 0 Å². The summed E-state index contributed by atoms with van der Waals surface area (Å²) in [4.78, 5) is 122. The van der Waals surface area contributed by atoms with Crippen LogP contribution < -0.4 is 0 Å². The Morgan fingerprint density at radius 3 is 0.919 bits per heavy atom. The van der Waals surface area contributed by atoms with Crippen LogP contribution in [0.1, 0.15) is 141 Å². The fraction of sp³-hybridized carbons (Fsp3) is 0.581. The van der Waals surface area contributed by atoms with E-state index in [1.165, 1.54) is 66.6 Å². The van der Waals surface area contributed by atoms with Gasteiger partial charge in [0.2, 0.25) is 0 Å². The lowest BCUT2D eigenvalue weighted by Crippen LogP contribution is -2.55. The van der Waals surface area contributed by atoms with E-state index in [2.05, 4.69) is 10.2 Å². The average Bonchev–Trinajstić information content (AvgIpc) is 2.66. The molecule has 0 N–H and O–H groups in total. The maximum atomic E-state index is 15.0. The Morgan fingerprint density at radius 1 is 0.395 bits per heavy atom. The molecular weight excluding hydrogens is 1120 g/mol. The predicted octanol–water partition coefficient (Wildman–Crippen LogP) is 8.03. The van der Waals surface area contributed by atoms with Crippen molar-refractivity contribution in [3.8, 4) is 0 Å². The number of benzene rings is 2. The van der Waals surface area contributed by atoms with E-state index < -0.39 is 109 Å². The fourth-order valence-corrected chi connectivity index (χ4v) is 10.1. The molecule has 1 aliphatic heterocycles. The Kier molecular flexibility index (Phi) is 25.0. The molecule has 472 valence electrons. The summed E-state index contributed by atoms with van der Waals surface area (Å²) >= 11 is 0. The number of hydrogen-bond acceptors (Lipinski definition) is 14. The number of esters is 4. The molecule has 0 unspecified atom stereocenters. The van der Waals surface area contributed by atoms with Crippen molar-refractivity contribution < 1.29 is 74.9 Å². The molecule has 1 saturated heterocycles. The van der Waals surface area contributed by atoms with Gasteiger partial charge in [-0.25, -0.2) is 36.7 Å². The number of nitrogens with zero attached hydrogens (tertiary/aromatic N) is 8. The number of hydrogen-bond donors (Lipinski definition) is 0. The number of carbonyl (C=O) groups excluding carboxylic acids is 8. The molecule has 4 amide bonds. The number of carbonyl (C=O) groups is 8. The third-order valence-corrected chi connectivity index (χ3v) is 15.0. The van der Waals surface area contributed by atoms with Gasteiger partial charge in [-0.3, -0.25) is 28.5 Å². The Balaban J connectivity index is 1.59. The van der Waals surface area contributed by atoms with Crippen molar-refractivity contribution in [2.45, 2.75) is 182 Å². The van der Waals surface area contributed by atoms with Gasteiger partial charge in [0.15, 0.2) is 24.4 Å². The van der Waals surface area contributed by atoms with Crippen molar-refractivity contribution in [3.05, 3.63) is 107 Å². The SMILES string of the molecule is CC(C)C[C@H]1C(=O)O[C@H](Cc2ccc(Cn3nccc3C(F)F)cc2)C(=O)N(C)[C@@H](CC(C)C)C(=O)O[C@H](C)C(=O)N(C)[C@@H](CC(C)C)C(=O)O[C@H](Cc2ccc(Cn3nccc3C(F)F)cc2)C(=O)N(C)[C@@H](CC(C)C)C(=O)O[C@H](C)C(=O)N1C. The third kappa shape index (κ3) is 18.7. The molecule has 24 heteroatoms. The number of ether oxygens (including phenoxy) is 4. The lowest BCUT2D eigenvalue weighted by molar-refractivity contribution is -0.176. The quantitative estimate of drug-likeness (QED) is 0.0523. The van der Waals surface area contributed by atoms with Gasteiger partial charge < -0.3 is 38.5 Å². The van der Waals surface area contributed by atoms with E-state index in [9.17, 15) is 46.3 Å². The predicted molar refractivity (Wildman–Crippen MR) is 308 cm³/mol. The van der Waals surface area contributed by atoms with Crippen LogP contribution in [0.4, 0.5) is 17.6 Å². The standard InChI is InChI=1S/C62H84F4N8O12/c1-35(2)27-47-59(79)83-39(9)55(75)69(11)50(30-38(7)8)62(82)86-52(32-42-17-21-44(22-18-42)34-74-46(54(65)66)24-26-68-74)58(78)72(14)48(28-36(3)4)60(80)84-40(10)56(76)70(12)49(29-37(5)6)61(81)85-51(57(77)71(47)13)31-41-15-19-43(20-16-41)33-73-45(53(63)64)23-25-67-73/h15-26,35-40,47-54H,27-34H2,1-14H3/t39-,40-,47+,48+,49+,50+,51-,52-/m1/s1. The summed E-state index contributed by atoms with van der Waals surface area (Å²) in [6.45, 7) is 16.9. The van der Waals surface area contributed by atoms with E-state index in [-0.39, 0.29) is 86.7 Å². The average molecular weight is 1210 g/mol. The summed E-state index contributed by atoms with van der Waals surface area (Å²) < 4.78 is 81.1. The first-order valence-electron chi connectivity index (χ1n) is 29.0. The van der Waals surface area contributed by atoms with E-state index in [0.717, 1.165) is 29.0 Å². The van der Waals surface area contributed by atoms with Crippen LogP contribution in [-0.4, -0.2) is 163 Å². The minimum absolute atomic E-state index is 0.00192. The third-order valence-electron chi connectivity index (χ3n) is 15.0. The van der Waals surface area contributed by atoms with Crippen molar-refractivity contribution in [2.75, 3.05) is 28.2 Å². The number of aromatic nitrogens is 4. The fourth-order valence-electron chi connectivity index (χ4n) is 10.1. The molecule has 86 heavy (non-hydrogen) atoms. The molecule has 1 aliphatic rings. The van der Waals surface area contributed by atoms with Crippen LogP contribution in [0.5, 0.6) is 0 Å². The van der Waals surface area contributed by atoms with Crippen molar-refractivity contribution in [1.29, 1.82) is 0 Å². The Hall–Kier alpha value is -7.66. The van der Waals surface area contributed by atoms with Gasteiger partial charge in [0.1, 0.15) is 35.6 Å². The first-order chi connectivity index (χ1) is 40.4. The van der Waals surface area contributed by atoms with Crippen LogP contribution in [0.15, 0.2) is 73.1 Å². The summed E-state index contributed by atoms with van der Waals surface area (Å²) in [6.07, 6.45) is -10.0. The topological polar surface area (TPSA) is 222 Å². The summed E-state index contributed by atoms with van der Waals surface area (Å²) in [6, 6.07) is 9.95. The molecule has 1 fully saturated rings. The molecule has 2 aromatic carbocycles. The summed E-state index contributed by atoms with van der Waals surface area (Å²) in [5.41, 5.74) is 1.51. The second kappa shape index (κ2) is 31.1. The normalized spacial score (nSPS) is 22.6. The van der Waals surface area contributed by atoms with E-state index >= 15 is 9.59 Å². The summed E-state index contributed by atoms with van der Waals surface area (Å²) in [7, 11) is 5.28. The maximum Gasteiger partial charge on any atom is 0.329 e. The maximum absolute atomic E-state index is 15.0. The van der Waals surface area contributed by atoms with Gasteiger partial charge in [-0.2, -0.15) is 10.2 Å². The number of amides is 4. The zero-order valence-electron chi connectivity index (χ0n) is 51.7. The monoisotopic (exact) mass is 1210 g/mol. The van der Waals surface area contributed by atoms with E-state index in [0.29, 0.717) is 22.3 Å². The van der Waals surface area contributed by atoms with Gasteiger partial charge in [-0.15, -0.1) is 0 Å². The molecule has 0 spiro atoms. The first-order valence-corrected chi connectivity index (χ1v) is 29.0.